The standard InChI is InChI=1S/C19H17ClN4O3S/c20-12-7-8-13(16(10-12)24(26)27)21-18(25)11-23-9-3-5-15(23)19-22-14-4-1-2-6-17(14)28-19/h1-2,4,6-8,10,15H,3,5,9,11H2,(H,21,25). The van der Waals surface area contributed by atoms with E-state index in [4.69, 9.17) is 16.6 Å². The number of thiazole rings is 1. The number of hydrogen-bond acceptors (Lipinski definition) is 6. The second kappa shape index (κ2) is 7.83. The number of rotatable bonds is 5. The average Bonchev–Trinajstić information content (AvgIpc) is 3.29. The first-order valence-corrected chi connectivity index (χ1v) is 10.0. The topological polar surface area (TPSA) is 88.4 Å². The number of carbonyl (C=O) groups excluding carboxylic acids is 1. The number of nitro benzene ring substituents is 1. The number of aromatic nitrogens is 1. The first-order chi connectivity index (χ1) is 13.5. The Morgan fingerprint density at radius 2 is 2.18 bits per heavy atom. The van der Waals surface area contributed by atoms with Crippen molar-refractivity contribution in [2.75, 3.05) is 18.4 Å². The minimum Gasteiger partial charge on any atom is -0.319 e. The van der Waals surface area contributed by atoms with Crippen molar-refractivity contribution in [1.29, 1.82) is 0 Å². The van der Waals surface area contributed by atoms with Gasteiger partial charge in [0.05, 0.1) is 27.7 Å². The van der Waals surface area contributed by atoms with E-state index in [-0.39, 0.29) is 34.9 Å². The van der Waals surface area contributed by atoms with E-state index in [2.05, 4.69) is 10.2 Å². The lowest BCUT2D eigenvalue weighted by molar-refractivity contribution is -0.383. The first-order valence-electron chi connectivity index (χ1n) is 8.84. The van der Waals surface area contributed by atoms with Crippen LogP contribution in [0, 0.1) is 10.1 Å². The van der Waals surface area contributed by atoms with Crippen LogP contribution in [0.25, 0.3) is 10.2 Å². The molecule has 0 spiro atoms. The fraction of sp³-hybridized carbons (Fsp3) is 0.263. The molecular weight excluding hydrogens is 400 g/mol. The number of nitro groups is 1. The van der Waals surface area contributed by atoms with Gasteiger partial charge in [0.2, 0.25) is 5.91 Å². The van der Waals surface area contributed by atoms with Crippen LogP contribution in [0.5, 0.6) is 0 Å². The van der Waals surface area contributed by atoms with E-state index in [1.165, 1.54) is 18.2 Å². The van der Waals surface area contributed by atoms with Gasteiger partial charge >= 0.3 is 0 Å². The Morgan fingerprint density at radius 3 is 2.96 bits per heavy atom. The number of hydrogen-bond donors (Lipinski definition) is 1. The molecule has 1 atom stereocenters. The summed E-state index contributed by atoms with van der Waals surface area (Å²) < 4.78 is 1.13. The summed E-state index contributed by atoms with van der Waals surface area (Å²) in [5.41, 5.74) is 0.899. The summed E-state index contributed by atoms with van der Waals surface area (Å²) in [5.74, 6) is -0.293. The van der Waals surface area contributed by atoms with Crippen LogP contribution in [0.2, 0.25) is 5.02 Å². The highest BCUT2D eigenvalue weighted by molar-refractivity contribution is 7.18. The van der Waals surface area contributed by atoms with Gasteiger partial charge in [0.15, 0.2) is 0 Å². The number of fused-ring (bicyclic) bond motifs is 1. The van der Waals surface area contributed by atoms with Crippen LogP contribution in [-0.4, -0.2) is 33.8 Å². The molecule has 1 N–H and O–H groups in total. The Kier molecular flexibility index (Phi) is 5.25. The minimum atomic E-state index is -0.554. The summed E-state index contributed by atoms with van der Waals surface area (Å²) in [4.78, 5) is 30.0. The van der Waals surface area contributed by atoms with E-state index in [1.807, 2.05) is 24.3 Å². The van der Waals surface area contributed by atoms with E-state index in [9.17, 15) is 14.9 Å². The summed E-state index contributed by atoms with van der Waals surface area (Å²) in [6.07, 6.45) is 1.92. The Balaban J connectivity index is 1.49. The molecule has 1 amide bonds. The van der Waals surface area contributed by atoms with Crippen LogP contribution in [0.3, 0.4) is 0 Å². The van der Waals surface area contributed by atoms with Crippen molar-refractivity contribution in [1.82, 2.24) is 9.88 Å². The molecular formula is C19H17ClN4O3S. The molecule has 0 saturated carbocycles. The van der Waals surface area contributed by atoms with Crippen molar-refractivity contribution in [2.24, 2.45) is 0 Å². The molecule has 0 aliphatic carbocycles. The van der Waals surface area contributed by atoms with Crippen molar-refractivity contribution in [3.8, 4) is 0 Å². The highest BCUT2D eigenvalue weighted by atomic mass is 35.5. The highest BCUT2D eigenvalue weighted by Gasteiger charge is 2.30. The summed E-state index contributed by atoms with van der Waals surface area (Å²) in [6.45, 7) is 0.942. The Morgan fingerprint density at radius 1 is 1.36 bits per heavy atom. The van der Waals surface area contributed by atoms with Crippen molar-refractivity contribution in [3.05, 3.63) is 62.6 Å². The predicted molar refractivity (Wildman–Crippen MR) is 110 cm³/mol. The van der Waals surface area contributed by atoms with Gasteiger partial charge in [-0.3, -0.25) is 19.8 Å². The third-order valence-electron chi connectivity index (χ3n) is 4.74. The highest BCUT2D eigenvalue weighted by Crippen LogP contribution is 2.36. The smallest absolute Gasteiger partial charge is 0.294 e. The summed E-state index contributed by atoms with van der Waals surface area (Å²) >= 11 is 7.47. The Bertz CT molecular complexity index is 1020. The van der Waals surface area contributed by atoms with Gasteiger partial charge in [-0.2, -0.15) is 0 Å². The zero-order valence-corrected chi connectivity index (χ0v) is 16.4. The number of benzene rings is 2. The van der Waals surface area contributed by atoms with Crippen molar-refractivity contribution >= 4 is 50.4 Å². The summed E-state index contributed by atoms with van der Waals surface area (Å²) in [7, 11) is 0. The summed E-state index contributed by atoms with van der Waals surface area (Å²) in [5, 5.41) is 15.1. The van der Waals surface area contributed by atoms with Gasteiger partial charge in [-0.25, -0.2) is 4.98 Å². The molecule has 28 heavy (non-hydrogen) atoms. The number of carbonyl (C=O) groups is 1. The third kappa shape index (κ3) is 3.84. The molecule has 144 valence electrons. The first kappa shape index (κ1) is 18.8. The van der Waals surface area contributed by atoms with Gasteiger partial charge in [0, 0.05) is 11.1 Å². The summed E-state index contributed by atoms with van der Waals surface area (Å²) in [6, 6.07) is 12.3. The zero-order valence-electron chi connectivity index (χ0n) is 14.8. The largest absolute Gasteiger partial charge is 0.319 e. The zero-order chi connectivity index (χ0) is 19.7. The monoisotopic (exact) mass is 416 g/mol. The molecule has 2 heterocycles. The molecule has 1 aliphatic rings. The Labute approximate surface area is 170 Å². The molecule has 0 radical (unpaired) electrons. The molecule has 1 aliphatic heterocycles. The van der Waals surface area contributed by atoms with Gasteiger partial charge in [-0.15, -0.1) is 11.3 Å². The molecule has 1 unspecified atom stereocenters. The number of para-hydroxylation sites is 1. The van der Waals surface area contributed by atoms with Crippen LogP contribution >= 0.6 is 22.9 Å². The van der Waals surface area contributed by atoms with Crippen LogP contribution in [-0.2, 0) is 4.79 Å². The lowest BCUT2D eigenvalue weighted by Crippen LogP contribution is -2.33. The van der Waals surface area contributed by atoms with Gasteiger partial charge in [0.25, 0.3) is 5.69 Å². The number of amides is 1. The minimum absolute atomic E-state index is 0.0864. The number of nitrogens with zero attached hydrogens (tertiary/aromatic N) is 3. The molecule has 2 aromatic carbocycles. The van der Waals surface area contributed by atoms with Gasteiger partial charge < -0.3 is 5.32 Å². The van der Waals surface area contributed by atoms with Crippen LogP contribution in [0.1, 0.15) is 23.9 Å². The lowest BCUT2D eigenvalue weighted by Gasteiger charge is -2.22. The average molecular weight is 417 g/mol. The number of nitrogens with one attached hydrogen (secondary N) is 1. The van der Waals surface area contributed by atoms with Gasteiger partial charge in [0.1, 0.15) is 10.7 Å². The van der Waals surface area contributed by atoms with Crippen molar-refractivity contribution < 1.29 is 9.72 Å². The van der Waals surface area contributed by atoms with E-state index in [1.54, 1.807) is 11.3 Å². The molecule has 7 nitrogen and oxygen atoms in total. The Hall–Kier alpha value is -2.55. The second-order valence-corrected chi connectivity index (χ2v) is 8.11. The number of halogens is 1. The molecule has 0 bridgehead atoms. The quantitative estimate of drug-likeness (QED) is 0.483. The third-order valence-corrected chi connectivity index (χ3v) is 6.11. The van der Waals surface area contributed by atoms with Crippen LogP contribution < -0.4 is 5.32 Å². The van der Waals surface area contributed by atoms with E-state index in [0.717, 1.165) is 34.6 Å². The molecule has 4 rings (SSSR count). The fourth-order valence-electron chi connectivity index (χ4n) is 3.46. The second-order valence-electron chi connectivity index (χ2n) is 6.62. The van der Waals surface area contributed by atoms with Crippen molar-refractivity contribution in [3.63, 3.8) is 0 Å². The number of anilines is 1. The van der Waals surface area contributed by atoms with Gasteiger partial charge in [-0.05, 0) is 43.7 Å². The fourth-order valence-corrected chi connectivity index (χ4v) is 4.77. The van der Waals surface area contributed by atoms with Gasteiger partial charge in [-0.1, -0.05) is 23.7 Å². The molecule has 3 aromatic rings. The van der Waals surface area contributed by atoms with E-state index < -0.39 is 4.92 Å². The maximum absolute atomic E-state index is 12.6. The van der Waals surface area contributed by atoms with E-state index >= 15 is 0 Å². The number of likely N-dealkylation sites (tertiary alicyclic amines) is 1. The molecule has 1 saturated heterocycles. The molecule has 1 fully saturated rings. The normalized spacial score (nSPS) is 17.1. The SMILES string of the molecule is O=C(CN1CCCC1c1nc2ccccc2s1)Nc1ccc(Cl)cc1[N+](=O)[O-]. The molecule has 1 aromatic heterocycles. The van der Waals surface area contributed by atoms with Crippen LogP contribution in [0.4, 0.5) is 11.4 Å². The lowest BCUT2D eigenvalue weighted by atomic mass is 10.2. The predicted octanol–water partition coefficient (Wildman–Crippen LogP) is 4.63. The molecule has 9 heteroatoms. The van der Waals surface area contributed by atoms with E-state index in [0.29, 0.717) is 0 Å². The van der Waals surface area contributed by atoms with Crippen molar-refractivity contribution in [2.45, 2.75) is 18.9 Å². The maximum Gasteiger partial charge on any atom is 0.294 e. The van der Waals surface area contributed by atoms with Crippen LogP contribution in [0.15, 0.2) is 42.5 Å². The maximum atomic E-state index is 12.6.